The molecule has 0 amide bonds. The number of hydrogen-bond acceptors (Lipinski definition) is 4. The van der Waals surface area contributed by atoms with Gasteiger partial charge in [0.15, 0.2) is 0 Å². The molecule has 0 aliphatic carbocycles. The summed E-state index contributed by atoms with van der Waals surface area (Å²) in [5.74, 6) is 1.30. The predicted molar refractivity (Wildman–Crippen MR) is 65.5 cm³/mol. The van der Waals surface area contributed by atoms with Gasteiger partial charge < -0.3 is 14.7 Å². The van der Waals surface area contributed by atoms with E-state index >= 15 is 0 Å². The van der Waals surface area contributed by atoms with Gasteiger partial charge in [0.1, 0.15) is 0 Å². The summed E-state index contributed by atoms with van der Waals surface area (Å²) in [5, 5.41) is 9.46. The third-order valence-electron chi connectivity index (χ3n) is 3.10. The number of ether oxygens (including phenoxy) is 1. The number of hydrogen-bond donors (Lipinski definition) is 2. The number of rotatable bonds is 6. The van der Waals surface area contributed by atoms with E-state index in [4.69, 9.17) is 4.74 Å². The van der Waals surface area contributed by atoms with Crippen molar-refractivity contribution in [3.8, 4) is 0 Å². The zero-order valence-corrected chi connectivity index (χ0v) is 10.5. The van der Waals surface area contributed by atoms with Crippen LogP contribution in [0.4, 0.5) is 0 Å². The van der Waals surface area contributed by atoms with Crippen molar-refractivity contribution in [3.63, 3.8) is 0 Å². The summed E-state index contributed by atoms with van der Waals surface area (Å²) in [6.07, 6.45) is 2.08. The number of likely N-dealkylation sites (tertiary alicyclic amines) is 1. The van der Waals surface area contributed by atoms with E-state index in [-0.39, 0.29) is 6.10 Å². The minimum Gasteiger partial charge on any atom is -0.393 e. The molecule has 1 saturated heterocycles. The second kappa shape index (κ2) is 7.49. The van der Waals surface area contributed by atoms with Crippen molar-refractivity contribution in [2.45, 2.75) is 25.9 Å². The maximum Gasteiger partial charge on any atom is 0.0593 e. The molecule has 0 saturated carbocycles. The van der Waals surface area contributed by atoms with Crippen LogP contribution in [-0.4, -0.2) is 54.7 Å². The fraction of sp³-hybridized carbons (Fsp3) is 1.00. The Labute approximate surface area is 98.2 Å². The SMILES string of the molecule is CC(O)C1CCN(CCOCCS)CC1. The van der Waals surface area contributed by atoms with Crippen molar-refractivity contribution in [1.29, 1.82) is 0 Å². The minimum atomic E-state index is -0.146. The number of aliphatic hydroxyl groups excluding tert-OH is 1. The Morgan fingerprint density at radius 2 is 2.07 bits per heavy atom. The Hall–Kier alpha value is 0.230. The largest absolute Gasteiger partial charge is 0.393 e. The van der Waals surface area contributed by atoms with E-state index in [1.54, 1.807) is 0 Å². The van der Waals surface area contributed by atoms with Gasteiger partial charge >= 0.3 is 0 Å². The average molecular weight is 233 g/mol. The summed E-state index contributed by atoms with van der Waals surface area (Å²) < 4.78 is 5.39. The van der Waals surface area contributed by atoms with Crippen LogP contribution in [0, 0.1) is 5.92 Å². The normalized spacial score (nSPS) is 21.8. The highest BCUT2D eigenvalue weighted by atomic mass is 32.1. The van der Waals surface area contributed by atoms with Crippen molar-refractivity contribution in [1.82, 2.24) is 4.90 Å². The van der Waals surface area contributed by atoms with Crippen LogP contribution in [-0.2, 0) is 4.74 Å². The van der Waals surface area contributed by atoms with Crippen LogP contribution in [0.2, 0.25) is 0 Å². The zero-order valence-electron chi connectivity index (χ0n) is 9.56. The second-order valence-corrected chi connectivity index (χ2v) is 4.70. The highest BCUT2D eigenvalue weighted by Gasteiger charge is 2.21. The molecule has 1 aliphatic heterocycles. The molecule has 0 bridgehead atoms. The van der Waals surface area contributed by atoms with E-state index in [0.717, 1.165) is 51.4 Å². The van der Waals surface area contributed by atoms with Crippen molar-refractivity contribution in [2.24, 2.45) is 5.92 Å². The Morgan fingerprint density at radius 1 is 1.40 bits per heavy atom. The highest BCUT2D eigenvalue weighted by Crippen LogP contribution is 2.19. The number of piperidine rings is 1. The van der Waals surface area contributed by atoms with E-state index in [0.29, 0.717) is 5.92 Å². The van der Waals surface area contributed by atoms with Gasteiger partial charge in [-0.05, 0) is 38.8 Å². The summed E-state index contributed by atoms with van der Waals surface area (Å²) in [4.78, 5) is 2.41. The molecule has 1 atom stereocenters. The minimum absolute atomic E-state index is 0.146. The van der Waals surface area contributed by atoms with Crippen LogP contribution < -0.4 is 0 Å². The number of thiol groups is 1. The third-order valence-corrected chi connectivity index (χ3v) is 3.28. The summed E-state index contributed by atoms with van der Waals surface area (Å²) in [6, 6.07) is 0. The molecule has 0 aromatic rings. The standard InChI is InChI=1S/C11H23NO2S/c1-10(13)11-2-4-12(5-3-11)6-7-14-8-9-15/h10-11,13,15H,2-9H2,1H3. The molecule has 0 spiro atoms. The van der Waals surface area contributed by atoms with Gasteiger partial charge in [0, 0.05) is 12.3 Å². The van der Waals surface area contributed by atoms with Crippen LogP contribution in [0.15, 0.2) is 0 Å². The molecule has 1 rings (SSSR count). The summed E-state index contributed by atoms with van der Waals surface area (Å²) in [7, 11) is 0. The third kappa shape index (κ3) is 5.20. The average Bonchev–Trinajstić information content (AvgIpc) is 2.25. The quantitative estimate of drug-likeness (QED) is 0.531. The summed E-state index contributed by atoms with van der Waals surface area (Å²) in [6.45, 7) is 6.66. The van der Waals surface area contributed by atoms with Crippen LogP contribution in [0.3, 0.4) is 0 Å². The molecule has 0 radical (unpaired) electrons. The van der Waals surface area contributed by atoms with E-state index in [9.17, 15) is 5.11 Å². The summed E-state index contributed by atoms with van der Waals surface area (Å²) >= 11 is 4.09. The van der Waals surface area contributed by atoms with Crippen molar-refractivity contribution in [2.75, 3.05) is 38.6 Å². The molecule has 1 unspecified atom stereocenters. The van der Waals surface area contributed by atoms with Gasteiger partial charge in [0.05, 0.1) is 19.3 Å². The maximum absolute atomic E-state index is 9.46. The highest BCUT2D eigenvalue weighted by molar-refractivity contribution is 7.80. The molecular formula is C11H23NO2S. The van der Waals surface area contributed by atoms with Crippen molar-refractivity contribution < 1.29 is 9.84 Å². The number of nitrogens with zero attached hydrogens (tertiary/aromatic N) is 1. The Morgan fingerprint density at radius 3 is 2.60 bits per heavy atom. The fourth-order valence-electron chi connectivity index (χ4n) is 2.02. The first-order valence-corrected chi connectivity index (χ1v) is 6.46. The molecule has 0 aromatic heterocycles. The molecule has 1 heterocycles. The van der Waals surface area contributed by atoms with Crippen LogP contribution in [0.25, 0.3) is 0 Å². The lowest BCUT2D eigenvalue weighted by Gasteiger charge is -2.33. The van der Waals surface area contributed by atoms with Gasteiger partial charge in [-0.25, -0.2) is 0 Å². The van der Waals surface area contributed by atoms with Gasteiger partial charge in [-0.15, -0.1) is 0 Å². The molecule has 4 heteroatoms. The molecule has 1 fully saturated rings. The summed E-state index contributed by atoms with van der Waals surface area (Å²) in [5.41, 5.74) is 0. The smallest absolute Gasteiger partial charge is 0.0593 e. The van der Waals surface area contributed by atoms with Gasteiger partial charge in [0.25, 0.3) is 0 Å². The predicted octanol–water partition coefficient (Wildman–Crippen LogP) is 1.03. The monoisotopic (exact) mass is 233 g/mol. The fourth-order valence-corrected chi connectivity index (χ4v) is 2.15. The van der Waals surface area contributed by atoms with Crippen LogP contribution >= 0.6 is 12.6 Å². The Balaban J connectivity index is 2.04. The number of aliphatic hydroxyl groups is 1. The van der Waals surface area contributed by atoms with Crippen molar-refractivity contribution >= 4 is 12.6 Å². The van der Waals surface area contributed by atoms with Gasteiger partial charge in [0.2, 0.25) is 0 Å². The Kier molecular flexibility index (Phi) is 6.64. The molecule has 1 N–H and O–H groups in total. The molecule has 1 aliphatic rings. The topological polar surface area (TPSA) is 32.7 Å². The van der Waals surface area contributed by atoms with Crippen LogP contribution in [0.5, 0.6) is 0 Å². The zero-order chi connectivity index (χ0) is 11.1. The lowest BCUT2D eigenvalue weighted by atomic mass is 9.92. The molecule has 0 aromatic carbocycles. The molecular weight excluding hydrogens is 210 g/mol. The van der Waals surface area contributed by atoms with E-state index in [2.05, 4.69) is 17.5 Å². The van der Waals surface area contributed by atoms with E-state index < -0.39 is 0 Å². The lowest BCUT2D eigenvalue weighted by molar-refractivity contribution is 0.0554. The van der Waals surface area contributed by atoms with Gasteiger partial charge in [-0.1, -0.05) is 0 Å². The Bertz CT molecular complexity index is 159. The van der Waals surface area contributed by atoms with Gasteiger partial charge in [-0.3, -0.25) is 0 Å². The first kappa shape index (κ1) is 13.3. The molecule has 90 valence electrons. The molecule has 3 nitrogen and oxygen atoms in total. The second-order valence-electron chi connectivity index (χ2n) is 4.26. The van der Waals surface area contributed by atoms with Crippen LogP contribution in [0.1, 0.15) is 19.8 Å². The first-order valence-electron chi connectivity index (χ1n) is 5.83. The molecule has 15 heavy (non-hydrogen) atoms. The van der Waals surface area contributed by atoms with Crippen molar-refractivity contribution in [3.05, 3.63) is 0 Å². The maximum atomic E-state index is 9.46. The van der Waals surface area contributed by atoms with Gasteiger partial charge in [-0.2, -0.15) is 12.6 Å². The first-order chi connectivity index (χ1) is 7.24. The lowest BCUT2D eigenvalue weighted by Crippen LogP contribution is -2.38. The van der Waals surface area contributed by atoms with E-state index in [1.165, 1.54) is 0 Å². The van der Waals surface area contributed by atoms with E-state index in [1.807, 2.05) is 6.92 Å².